The molecule has 0 saturated carbocycles. The van der Waals surface area contributed by atoms with Gasteiger partial charge in [-0.15, -0.1) is 0 Å². The predicted molar refractivity (Wildman–Crippen MR) is 82.4 cm³/mol. The van der Waals surface area contributed by atoms with Crippen molar-refractivity contribution in [2.45, 2.75) is 13.0 Å². The van der Waals surface area contributed by atoms with Crippen LogP contribution < -0.4 is 9.47 Å². The van der Waals surface area contributed by atoms with Crippen molar-refractivity contribution >= 4 is 0 Å². The standard InChI is InChI=1S/C18H18O3/c1-14(19)16-10-11-17(18(13-16)20-2)21-12-6-9-15-7-4-3-5-8-15/h3-5,7-8,10-11,13-14,19H,12H2,1-2H3/t14-/m0/s1. The molecule has 0 amide bonds. The molecule has 21 heavy (non-hydrogen) atoms. The van der Waals surface area contributed by atoms with Crippen molar-refractivity contribution in [3.05, 3.63) is 59.7 Å². The highest BCUT2D eigenvalue weighted by Crippen LogP contribution is 2.30. The van der Waals surface area contributed by atoms with Gasteiger partial charge in [0.2, 0.25) is 0 Å². The SMILES string of the molecule is COc1cc([C@H](C)O)ccc1OCC#Cc1ccccc1. The highest BCUT2D eigenvalue weighted by Gasteiger charge is 2.08. The van der Waals surface area contributed by atoms with E-state index < -0.39 is 6.10 Å². The summed E-state index contributed by atoms with van der Waals surface area (Å²) in [5.74, 6) is 7.20. The zero-order chi connectivity index (χ0) is 15.1. The summed E-state index contributed by atoms with van der Waals surface area (Å²) in [4.78, 5) is 0. The fourth-order valence-electron chi connectivity index (χ4n) is 1.84. The molecule has 3 nitrogen and oxygen atoms in total. The molecule has 2 aromatic rings. The van der Waals surface area contributed by atoms with E-state index in [1.165, 1.54) is 0 Å². The van der Waals surface area contributed by atoms with Gasteiger partial charge < -0.3 is 14.6 Å². The van der Waals surface area contributed by atoms with Gasteiger partial charge in [0.05, 0.1) is 13.2 Å². The lowest BCUT2D eigenvalue weighted by Crippen LogP contribution is -1.99. The Morgan fingerprint density at radius 2 is 1.86 bits per heavy atom. The topological polar surface area (TPSA) is 38.7 Å². The van der Waals surface area contributed by atoms with E-state index in [0.29, 0.717) is 11.5 Å². The Balaban J connectivity index is 2.02. The molecule has 0 aromatic heterocycles. The Labute approximate surface area is 125 Å². The van der Waals surface area contributed by atoms with Crippen LogP contribution in [0.4, 0.5) is 0 Å². The van der Waals surface area contributed by atoms with Crippen molar-refractivity contribution < 1.29 is 14.6 Å². The molecule has 0 aliphatic carbocycles. The minimum Gasteiger partial charge on any atom is -0.493 e. The summed E-state index contributed by atoms with van der Waals surface area (Å²) in [6.07, 6.45) is -0.536. The van der Waals surface area contributed by atoms with Crippen LogP contribution in [0.25, 0.3) is 0 Å². The smallest absolute Gasteiger partial charge is 0.162 e. The van der Waals surface area contributed by atoms with Crippen molar-refractivity contribution in [2.75, 3.05) is 13.7 Å². The van der Waals surface area contributed by atoms with Crippen molar-refractivity contribution in [1.29, 1.82) is 0 Å². The van der Waals surface area contributed by atoms with Crippen molar-refractivity contribution in [2.24, 2.45) is 0 Å². The molecule has 1 atom stereocenters. The van der Waals surface area contributed by atoms with Gasteiger partial charge in [-0.3, -0.25) is 0 Å². The molecule has 108 valence electrons. The van der Waals surface area contributed by atoms with Gasteiger partial charge >= 0.3 is 0 Å². The maximum Gasteiger partial charge on any atom is 0.162 e. The summed E-state index contributed by atoms with van der Waals surface area (Å²) >= 11 is 0. The molecule has 0 aliphatic rings. The Morgan fingerprint density at radius 1 is 1.10 bits per heavy atom. The summed E-state index contributed by atoms with van der Waals surface area (Å²) in [7, 11) is 1.57. The number of rotatable bonds is 4. The predicted octanol–water partition coefficient (Wildman–Crippen LogP) is 3.18. The highest BCUT2D eigenvalue weighted by atomic mass is 16.5. The van der Waals surface area contributed by atoms with Crippen molar-refractivity contribution in [1.82, 2.24) is 0 Å². The van der Waals surface area contributed by atoms with E-state index in [-0.39, 0.29) is 6.61 Å². The van der Waals surface area contributed by atoms with Gasteiger partial charge in [0, 0.05) is 5.56 Å². The maximum atomic E-state index is 9.56. The Bertz CT molecular complexity index is 637. The molecule has 0 radical (unpaired) electrons. The fourth-order valence-corrected chi connectivity index (χ4v) is 1.84. The average Bonchev–Trinajstić information content (AvgIpc) is 2.52. The van der Waals surface area contributed by atoms with E-state index in [1.54, 1.807) is 26.2 Å². The van der Waals surface area contributed by atoms with E-state index in [0.717, 1.165) is 11.1 Å². The summed E-state index contributed by atoms with van der Waals surface area (Å²) in [6.45, 7) is 1.99. The fraction of sp³-hybridized carbons (Fsp3) is 0.222. The molecule has 0 fully saturated rings. The number of aliphatic hydroxyl groups excluding tert-OH is 1. The zero-order valence-electron chi connectivity index (χ0n) is 12.2. The summed E-state index contributed by atoms with van der Waals surface area (Å²) in [5, 5.41) is 9.56. The molecule has 0 heterocycles. The lowest BCUT2D eigenvalue weighted by molar-refractivity contribution is 0.198. The van der Waals surface area contributed by atoms with E-state index >= 15 is 0 Å². The molecule has 0 unspecified atom stereocenters. The third-order valence-corrected chi connectivity index (χ3v) is 2.98. The molecule has 2 aromatic carbocycles. The van der Waals surface area contributed by atoms with Crippen LogP contribution in [0.3, 0.4) is 0 Å². The normalized spacial score (nSPS) is 11.2. The molecule has 2 rings (SSSR count). The number of benzene rings is 2. The van der Waals surface area contributed by atoms with Crippen LogP contribution in [0.5, 0.6) is 11.5 Å². The second-order valence-electron chi connectivity index (χ2n) is 4.54. The van der Waals surface area contributed by atoms with E-state index in [1.807, 2.05) is 36.4 Å². The maximum absolute atomic E-state index is 9.56. The first-order valence-electron chi connectivity index (χ1n) is 6.73. The molecule has 0 saturated heterocycles. The van der Waals surface area contributed by atoms with Gasteiger partial charge in [0.25, 0.3) is 0 Å². The molecule has 0 aliphatic heterocycles. The van der Waals surface area contributed by atoms with Crippen molar-refractivity contribution in [3.8, 4) is 23.3 Å². The van der Waals surface area contributed by atoms with Gasteiger partial charge in [-0.1, -0.05) is 36.1 Å². The molecule has 0 bridgehead atoms. The number of ether oxygens (including phenoxy) is 2. The Morgan fingerprint density at radius 3 is 2.52 bits per heavy atom. The average molecular weight is 282 g/mol. The monoisotopic (exact) mass is 282 g/mol. The first kappa shape index (κ1) is 15.0. The number of hydrogen-bond acceptors (Lipinski definition) is 3. The van der Waals surface area contributed by atoms with Crippen LogP contribution in [0.15, 0.2) is 48.5 Å². The number of hydrogen-bond donors (Lipinski definition) is 1. The largest absolute Gasteiger partial charge is 0.493 e. The lowest BCUT2D eigenvalue weighted by Gasteiger charge is -2.11. The summed E-state index contributed by atoms with van der Waals surface area (Å²) < 4.78 is 10.9. The zero-order valence-corrected chi connectivity index (χ0v) is 12.2. The second kappa shape index (κ2) is 7.37. The highest BCUT2D eigenvalue weighted by molar-refractivity contribution is 5.44. The molecule has 1 N–H and O–H groups in total. The van der Waals surface area contributed by atoms with Crippen LogP contribution in [0, 0.1) is 11.8 Å². The molecular weight excluding hydrogens is 264 g/mol. The van der Waals surface area contributed by atoms with Gasteiger partial charge in [-0.05, 0) is 36.8 Å². The van der Waals surface area contributed by atoms with Crippen LogP contribution >= 0.6 is 0 Å². The number of methoxy groups -OCH3 is 1. The van der Waals surface area contributed by atoms with Crippen LogP contribution in [-0.4, -0.2) is 18.8 Å². The van der Waals surface area contributed by atoms with Gasteiger partial charge in [-0.25, -0.2) is 0 Å². The molecular formula is C18H18O3. The third-order valence-electron chi connectivity index (χ3n) is 2.98. The van der Waals surface area contributed by atoms with Gasteiger partial charge in [-0.2, -0.15) is 0 Å². The summed E-state index contributed by atoms with van der Waals surface area (Å²) in [6, 6.07) is 15.1. The van der Waals surface area contributed by atoms with Crippen LogP contribution in [0.2, 0.25) is 0 Å². The van der Waals surface area contributed by atoms with E-state index in [9.17, 15) is 5.11 Å². The van der Waals surface area contributed by atoms with Crippen LogP contribution in [-0.2, 0) is 0 Å². The minimum atomic E-state index is -0.536. The molecule has 3 heteroatoms. The molecule has 0 spiro atoms. The van der Waals surface area contributed by atoms with Gasteiger partial charge in [0.15, 0.2) is 11.5 Å². The first-order chi connectivity index (χ1) is 10.2. The van der Waals surface area contributed by atoms with Crippen LogP contribution in [0.1, 0.15) is 24.2 Å². The Kier molecular flexibility index (Phi) is 5.25. The Hall–Kier alpha value is -2.44. The van der Waals surface area contributed by atoms with Gasteiger partial charge in [0.1, 0.15) is 6.61 Å². The van der Waals surface area contributed by atoms with E-state index in [2.05, 4.69) is 11.8 Å². The second-order valence-corrected chi connectivity index (χ2v) is 4.54. The lowest BCUT2D eigenvalue weighted by atomic mass is 10.1. The quantitative estimate of drug-likeness (QED) is 0.875. The minimum absolute atomic E-state index is 0.277. The van der Waals surface area contributed by atoms with Crippen molar-refractivity contribution in [3.63, 3.8) is 0 Å². The number of aliphatic hydroxyl groups is 1. The summed E-state index contributed by atoms with van der Waals surface area (Å²) in [5.41, 5.74) is 1.74. The third kappa shape index (κ3) is 4.27. The first-order valence-corrected chi connectivity index (χ1v) is 6.73. The van der Waals surface area contributed by atoms with E-state index in [4.69, 9.17) is 9.47 Å².